The zero-order valence-corrected chi connectivity index (χ0v) is 27.4. The molecule has 4 rings (SSSR count). The number of carbonyl (C=O) groups excluding carboxylic acids is 1. The van der Waals surface area contributed by atoms with Crippen LogP contribution in [0.4, 0.5) is 5.69 Å². The van der Waals surface area contributed by atoms with Crippen LogP contribution in [0.15, 0.2) is 32.9 Å². The van der Waals surface area contributed by atoms with E-state index in [2.05, 4.69) is 0 Å². The van der Waals surface area contributed by atoms with Gasteiger partial charge in [0.1, 0.15) is 27.0 Å². The lowest BCUT2D eigenvalue weighted by Gasteiger charge is -2.22. The van der Waals surface area contributed by atoms with Crippen molar-refractivity contribution < 1.29 is 37.6 Å². The van der Waals surface area contributed by atoms with E-state index in [1.54, 1.807) is 13.0 Å². The van der Waals surface area contributed by atoms with Crippen molar-refractivity contribution in [2.75, 3.05) is 18.0 Å². The number of hydrogen-bond donors (Lipinski definition) is 3. The van der Waals surface area contributed by atoms with Gasteiger partial charge in [-0.25, -0.2) is 0 Å². The highest BCUT2D eigenvalue weighted by molar-refractivity contribution is 8.30. The van der Waals surface area contributed by atoms with Crippen molar-refractivity contribution in [3.8, 4) is 0 Å². The van der Waals surface area contributed by atoms with E-state index in [0.29, 0.717) is 10.6 Å². The van der Waals surface area contributed by atoms with Crippen molar-refractivity contribution in [3.63, 3.8) is 0 Å². The third-order valence-electron chi connectivity index (χ3n) is 6.83. The second-order valence-electron chi connectivity index (χ2n) is 9.94. The number of carboxylic acid groups (broad SMARTS) is 2. The standard InChI is InChI=1S/C26H27N3O9S5/c1-12-7-16-17(8-13(12)2)40-18(27(16)6-5-15(4)43(36,37)38)9-14(3)21-23(34)28(10-19(30)31)25(41-21)22-24(35)29(11-20(32)33)26(39)42-22/h7-9,15H,5-6,10-11H2,1-4H3,(H,30,31)(H,32,33)(H,36,37,38). The van der Waals surface area contributed by atoms with Gasteiger partial charge in [-0.1, -0.05) is 35.7 Å². The molecule has 1 aromatic carbocycles. The Morgan fingerprint density at radius 1 is 1.05 bits per heavy atom. The number of aryl methyl sites for hydroxylation is 2. The monoisotopic (exact) mass is 685 g/mol. The SMILES string of the molecule is CC(C=C1Sc2cc(C)c(C)cc2N1CCC(C)S(=O)(=O)O)=c1sc(=C2SC(=S)N(CC(=O)O)C2=O)n(CC(=O)O)c1=O. The molecule has 3 heterocycles. The molecular weight excluding hydrogens is 659 g/mol. The second kappa shape index (κ2) is 12.6. The third kappa shape index (κ3) is 6.91. The molecule has 0 radical (unpaired) electrons. The highest BCUT2D eigenvalue weighted by atomic mass is 32.2. The molecule has 3 N–H and O–H groups in total. The first-order valence-electron chi connectivity index (χ1n) is 12.7. The molecule has 1 amide bonds. The fourth-order valence-electron chi connectivity index (χ4n) is 4.31. The van der Waals surface area contributed by atoms with E-state index >= 15 is 0 Å². The Hall–Kier alpha value is -2.96. The Labute approximate surface area is 264 Å². The van der Waals surface area contributed by atoms with E-state index in [0.717, 1.165) is 54.3 Å². The number of hydrogen-bond acceptors (Lipinski definition) is 11. The molecule has 0 saturated carbocycles. The van der Waals surface area contributed by atoms with Gasteiger partial charge < -0.3 is 15.1 Å². The number of nitrogens with zero attached hydrogens (tertiary/aromatic N) is 3. The average molecular weight is 686 g/mol. The average Bonchev–Trinajstić information content (AvgIpc) is 3.48. The topological polar surface area (TPSA) is 175 Å². The molecule has 1 aromatic heterocycles. The predicted octanol–water partition coefficient (Wildman–Crippen LogP) is 1.96. The number of thioether (sulfide) groups is 2. The molecule has 43 heavy (non-hydrogen) atoms. The molecule has 17 heteroatoms. The van der Waals surface area contributed by atoms with Crippen LogP contribution < -0.4 is 19.7 Å². The largest absolute Gasteiger partial charge is 0.480 e. The van der Waals surface area contributed by atoms with Crippen molar-refractivity contribution in [3.05, 3.63) is 53.9 Å². The number of aromatic nitrogens is 1. The number of fused-ring (bicyclic) bond motifs is 1. The van der Waals surface area contributed by atoms with Gasteiger partial charge in [0.2, 0.25) is 0 Å². The molecule has 230 valence electrons. The molecule has 1 atom stereocenters. The third-order valence-corrected chi connectivity index (χ3v) is 12.1. The summed E-state index contributed by atoms with van der Waals surface area (Å²) in [5.41, 5.74) is 2.76. The quantitative estimate of drug-likeness (QED) is 0.258. The van der Waals surface area contributed by atoms with Gasteiger partial charge in [0.05, 0.1) is 20.5 Å². The molecule has 1 fully saturated rings. The number of benzene rings is 1. The highest BCUT2D eigenvalue weighted by Crippen LogP contribution is 2.47. The van der Waals surface area contributed by atoms with Crippen LogP contribution in [0.25, 0.3) is 10.5 Å². The van der Waals surface area contributed by atoms with E-state index in [1.807, 2.05) is 30.9 Å². The number of rotatable bonds is 9. The fourth-order valence-corrected chi connectivity index (χ4v) is 8.50. The molecule has 12 nitrogen and oxygen atoms in total. The normalized spacial score (nSPS) is 18.9. The summed E-state index contributed by atoms with van der Waals surface area (Å²) in [6.07, 6.45) is 1.87. The Bertz CT molecular complexity index is 1890. The Morgan fingerprint density at radius 3 is 2.28 bits per heavy atom. The molecule has 2 aliphatic heterocycles. The minimum Gasteiger partial charge on any atom is -0.480 e. The summed E-state index contributed by atoms with van der Waals surface area (Å²) < 4.78 is 34.0. The Kier molecular flexibility index (Phi) is 9.63. The number of allylic oxidation sites excluding steroid dienone is 1. The summed E-state index contributed by atoms with van der Waals surface area (Å²) in [4.78, 5) is 53.2. The van der Waals surface area contributed by atoms with E-state index < -0.39 is 51.9 Å². The number of carboxylic acids is 2. The molecule has 1 saturated heterocycles. The lowest BCUT2D eigenvalue weighted by molar-refractivity contribution is -0.140. The lowest BCUT2D eigenvalue weighted by Crippen LogP contribution is -2.37. The van der Waals surface area contributed by atoms with Crippen molar-refractivity contribution in [2.45, 2.75) is 50.8 Å². The summed E-state index contributed by atoms with van der Waals surface area (Å²) in [5, 5.41) is 18.3. The van der Waals surface area contributed by atoms with Gasteiger partial charge in [0, 0.05) is 11.4 Å². The highest BCUT2D eigenvalue weighted by Gasteiger charge is 2.35. The minimum absolute atomic E-state index is 0.0186. The van der Waals surface area contributed by atoms with Crippen LogP contribution in [-0.2, 0) is 31.0 Å². The first-order valence-corrected chi connectivity index (χ1v) is 17.0. The van der Waals surface area contributed by atoms with Crippen LogP contribution in [0.1, 0.15) is 31.4 Å². The zero-order chi connectivity index (χ0) is 32.0. The number of carbonyl (C=O) groups is 3. The molecule has 2 aromatic rings. The smallest absolute Gasteiger partial charge is 0.323 e. The minimum atomic E-state index is -4.24. The zero-order valence-electron chi connectivity index (χ0n) is 23.3. The van der Waals surface area contributed by atoms with Crippen molar-refractivity contribution in [1.82, 2.24) is 9.47 Å². The number of anilines is 1. The maximum atomic E-state index is 13.5. The summed E-state index contributed by atoms with van der Waals surface area (Å²) in [5.74, 6) is -3.32. The molecule has 1 unspecified atom stereocenters. The number of aliphatic carboxylic acids is 2. The van der Waals surface area contributed by atoms with Gasteiger partial charge in [0.25, 0.3) is 21.6 Å². The number of thiocarbonyl (C=S) groups is 1. The number of amides is 1. The van der Waals surface area contributed by atoms with Gasteiger partial charge in [-0.3, -0.25) is 33.2 Å². The molecule has 0 aliphatic carbocycles. The van der Waals surface area contributed by atoms with Crippen molar-refractivity contribution in [2.24, 2.45) is 0 Å². The van der Waals surface area contributed by atoms with E-state index in [9.17, 15) is 37.3 Å². The fraction of sp³-hybridized carbons (Fsp3) is 0.346. The molecule has 2 aliphatic rings. The molecule has 0 bridgehead atoms. The maximum Gasteiger partial charge on any atom is 0.323 e. The number of thiazole rings is 1. The van der Waals surface area contributed by atoms with Crippen molar-refractivity contribution >= 4 is 95.5 Å². The van der Waals surface area contributed by atoms with Crippen LogP contribution in [0.5, 0.6) is 0 Å². The molecule has 0 spiro atoms. The van der Waals surface area contributed by atoms with Gasteiger partial charge in [0.15, 0.2) is 0 Å². The Morgan fingerprint density at radius 2 is 1.67 bits per heavy atom. The second-order valence-corrected chi connectivity index (χ2v) is 15.5. The van der Waals surface area contributed by atoms with Gasteiger partial charge in [-0.2, -0.15) is 8.42 Å². The molecular formula is C26H27N3O9S5. The van der Waals surface area contributed by atoms with Crippen LogP contribution >= 0.6 is 47.1 Å². The summed E-state index contributed by atoms with van der Waals surface area (Å²) in [6.45, 7) is 5.87. The summed E-state index contributed by atoms with van der Waals surface area (Å²) in [6, 6.07) is 4.00. The predicted molar refractivity (Wildman–Crippen MR) is 170 cm³/mol. The van der Waals surface area contributed by atoms with Gasteiger partial charge in [-0.05, 0) is 69.0 Å². The van der Waals surface area contributed by atoms with E-state index in [4.69, 9.17) is 17.3 Å². The summed E-state index contributed by atoms with van der Waals surface area (Å²) in [7, 11) is -4.24. The first-order chi connectivity index (χ1) is 20.0. The van der Waals surface area contributed by atoms with E-state index in [-0.39, 0.29) is 31.4 Å². The van der Waals surface area contributed by atoms with Crippen LogP contribution in [0, 0.1) is 13.8 Å². The first kappa shape index (κ1) is 32.9. The van der Waals surface area contributed by atoms with E-state index in [1.165, 1.54) is 18.7 Å². The summed E-state index contributed by atoms with van der Waals surface area (Å²) >= 11 is 8.30. The van der Waals surface area contributed by atoms with Crippen molar-refractivity contribution in [1.29, 1.82) is 0 Å². The van der Waals surface area contributed by atoms with Gasteiger partial charge in [-0.15, -0.1) is 11.3 Å². The lowest BCUT2D eigenvalue weighted by atomic mass is 10.1. The van der Waals surface area contributed by atoms with Gasteiger partial charge >= 0.3 is 11.9 Å². The van der Waals surface area contributed by atoms with Crippen LogP contribution in [0.2, 0.25) is 0 Å². The maximum absolute atomic E-state index is 13.5. The van der Waals surface area contributed by atoms with Crippen LogP contribution in [0.3, 0.4) is 0 Å². The van der Waals surface area contributed by atoms with Crippen LogP contribution in [-0.4, -0.2) is 73.2 Å². The Balaban J connectivity index is 1.87.